The van der Waals surface area contributed by atoms with Crippen LogP contribution < -0.4 is 5.32 Å². The van der Waals surface area contributed by atoms with E-state index in [0.717, 1.165) is 15.7 Å². The van der Waals surface area contributed by atoms with E-state index in [9.17, 15) is 4.79 Å². The molecule has 0 unspecified atom stereocenters. The number of carbonyl (C=O) groups is 1. The Morgan fingerprint density at radius 2 is 2.00 bits per heavy atom. The third-order valence-electron chi connectivity index (χ3n) is 3.41. The van der Waals surface area contributed by atoms with E-state index in [0.29, 0.717) is 24.4 Å². The summed E-state index contributed by atoms with van der Waals surface area (Å²) in [6, 6.07) is 13.7. The van der Waals surface area contributed by atoms with Crippen molar-refractivity contribution in [1.82, 2.24) is 14.6 Å². The maximum absolute atomic E-state index is 12.0. The highest BCUT2D eigenvalue weighted by Crippen LogP contribution is 2.18. The number of aryl methyl sites for hydroxylation is 2. The average Bonchev–Trinajstić information content (AvgIpc) is 2.93. The van der Waals surface area contributed by atoms with Crippen LogP contribution in [0.3, 0.4) is 0 Å². The van der Waals surface area contributed by atoms with Crippen molar-refractivity contribution in [2.45, 2.75) is 19.8 Å². The molecule has 1 N–H and O–H groups in total. The molecule has 3 rings (SSSR count). The van der Waals surface area contributed by atoms with Crippen molar-refractivity contribution in [2.75, 3.05) is 5.32 Å². The van der Waals surface area contributed by atoms with E-state index >= 15 is 0 Å². The third kappa shape index (κ3) is 3.17. The quantitative estimate of drug-likeness (QED) is 0.777. The molecule has 0 aliphatic rings. The highest BCUT2D eigenvalue weighted by atomic mass is 79.9. The number of rotatable bonds is 4. The van der Waals surface area contributed by atoms with Crippen LogP contribution in [0.2, 0.25) is 0 Å². The molecule has 0 spiro atoms. The van der Waals surface area contributed by atoms with Gasteiger partial charge in [-0.3, -0.25) is 10.1 Å². The second-order valence-electron chi connectivity index (χ2n) is 5.01. The molecular weight excluding hydrogens is 344 g/mol. The number of carbonyl (C=O) groups excluding carboxylic acids is 1. The lowest BCUT2D eigenvalue weighted by Crippen LogP contribution is -2.13. The first-order valence-electron chi connectivity index (χ1n) is 6.99. The van der Waals surface area contributed by atoms with Crippen molar-refractivity contribution in [1.29, 1.82) is 0 Å². The summed E-state index contributed by atoms with van der Waals surface area (Å²) in [7, 11) is 0. The Morgan fingerprint density at radius 1 is 1.23 bits per heavy atom. The van der Waals surface area contributed by atoms with Crippen LogP contribution in [0.4, 0.5) is 5.95 Å². The molecule has 5 nitrogen and oxygen atoms in total. The molecule has 0 radical (unpaired) electrons. The fraction of sp³-hybridized carbons (Fsp3) is 0.188. The lowest BCUT2D eigenvalue weighted by Gasteiger charge is -2.01. The van der Waals surface area contributed by atoms with Crippen LogP contribution in [0.5, 0.6) is 0 Å². The first-order valence-corrected chi connectivity index (χ1v) is 7.78. The molecule has 2 heterocycles. The highest BCUT2D eigenvalue weighted by molar-refractivity contribution is 9.10. The summed E-state index contributed by atoms with van der Waals surface area (Å²) in [4.78, 5) is 16.3. The van der Waals surface area contributed by atoms with E-state index in [-0.39, 0.29) is 5.91 Å². The number of aromatic nitrogens is 3. The van der Waals surface area contributed by atoms with Crippen LogP contribution in [0.15, 0.2) is 46.9 Å². The number of benzene rings is 1. The fourth-order valence-electron chi connectivity index (χ4n) is 2.19. The third-order valence-corrected chi connectivity index (χ3v) is 4.25. The Morgan fingerprint density at radius 3 is 2.77 bits per heavy atom. The summed E-state index contributed by atoms with van der Waals surface area (Å²) in [5.41, 5.74) is 2.79. The second kappa shape index (κ2) is 6.27. The molecule has 6 heteroatoms. The van der Waals surface area contributed by atoms with Gasteiger partial charge in [0.1, 0.15) is 0 Å². The molecule has 0 saturated carbocycles. The molecule has 3 aromatic rings. The van der Waals surface area contributed by atoms with Crippen LogP contribution >= 0.6 is 15.9 Å². The van der Waals surface area contributed by atoms with Crippen molar-refractivity contribution in [3.63, 3.8) is 0 Å². The van der Waals surface area contributed by atoms with Gasteiger partial charge in [0, 0.05) is 10.9 Å². The Bertz CT molecular complexity index is 814. The van der Waals surface area contributed by atoms with Crippen molar-refractivity contribution in [3.05, 3.63) is 58.2 Å². The van der Waals surface area contributed by atoms with Crippen LogP contribution in [-0.2, 0) is 11.2 Å². The number of anilines is 1. The minimum atomic E-state index is -0.0866. The predicted molar refractivity (Wildman–Crippen MR) is 88.8 cm³/mol. The van der Waals surface area contributed by atoms with Gasteiger partial charge in [-0.05, 0) is 47.0 Å². The standard InChI is InChI=1S/C16H15BrN4O/c1-11-13(17)8-9-14-18-16(20-21(11)14)19-15(22)10-7-12-5-3-2-4-6-12/h2-6,8-9H,7,10H2,1H3,(H,19,20,22). The molecule has 1 aromatic carbocycles. The number of pyridine rings is 1. The van der Waals surface area contributed by atoms with E-state index < -0.39 is 0 Å². The first kappa shape index (κ1) is 14.7. The monoisotopic (exact) mass is 358 g/mol. The Kier molecular flexibility index (Phi) is 4.20. The molecule has 22 heavy (non-hydrogen) atoms. The van der Waals surface area contributed by atoms with E-state index in [1.165, 1.54) is 0 Å². The number of nitrogens with one attached hydrogen (secondary N) is 1. The lowest BCUT2D eigenvalue weighted by molar-refractivity contribution is -0.116. The SMILES string of the molecule is Cc1c(Br)ccc2nc(NC(=O)CCc3ccccc3)nn12. The maximum atomic E-state index is 12.0. The Hall–Kier alpha value is -2.21. The first-order chi connectivity index (χ1) is 10.6. The van der Waals surface area contributed by atoms with Crippen LogP contribution in [0.1, 0.15) is 17.7 Å². The number of fused-ring (bicyclic) bond motifs is 1. The van der Waals surface area contributed by atoms with E-state index in [1.807, 2.05) is 49.4 Å². The molecule has 1 amide bonds. The van der Waals surface area contributed by atoms with Gasteiger partial charge < -0.3 is 0 Å². The summed E-state index contributed by atoms with van der Waals surface area (Å²) < 4.78 is 2.66. The molecule has 0 saturated heterocycles. The van der Waals surface area contributed by atoms with E-state index in [1.54, 1.807) is 4.52 Å². The van der Waals surface area contributed by atoms with Gasteiger partial charge in [0.15, 0.2) is 5.65 Å². The Balaban J connectivity index is 1.68. The molecule has 0 aliphatic heterocycles. The summed E-state index contributed by atoms with van der Waals surface area (Å²) in [6.07, 6.45) is 1.10. The minimum Gasteiger partial charge on any atom is -0.293 e. The van der Waals surface area contributed by atoms with Crippen molar-refractivity contribution >= 4 is 33.4 Å². The van der Waals surface area contributed by atoms with Gasteiger partial charge in [0.25, 0.3) is 0 Å². The van der Waals surface area contributed by atoms with Gasteiger partial charge in [-0.2, -0.15) is 4.98 Å². The van der Waals surface area contributed by atoms with Crippen molar-refractivity contribution in [2.24, 2.45) is 0 Å². The zero-order valence-electron chi connectivity index (χ0n) is 12.1. The molecule has 0 aliphatic carbocycles. The summed E-state index contributed by atoms with van der Waals surface area (Å²) in [5, 5.41) is 7.06. The van der Waals surface area contributed by atoms with Gasteiger partial charge in [0.05, 0.1) is 5.69 Å². The molecule has 2 aromatic heterocycles. The highest BCUT2D eigenvalue weighted by Gasteiger charge is 2.10. The average molecular weight is 359 g/mol. The largest absolute Gasteiger partial charge is 0.293 e. The zero-order valence-corrected chi connectivity index (χ0v) is 13.7. The number of amides is 1. The van der Waals surface area contributed by atoms with Crippen LogP contribution in [0, 0.1) is 6.92 Å². The zero-order chi connectivity index (χ0) is 15.5. The van der Waals surface area contributed by atoms with Crippen molar-refractivity contribution in [3.8, 4) is 0 Å². The second-order valence-corrected chi connectivity index (χ2v) is 5.86. The fourth-order valence-corrected chi connectivity index (χ4v) is 2.49. The molecule has 0 fully saturated rings. The maximum Gasteiger partial charge on any atom is 0.249 e. The molecule has 0 atom stereocenters. The van der Waals surface area contributed by atoms with Crippen molar-refractivity contribution < 1.29 is 4.79 Å². The minimum absolute atomic E-state index is 0.0866. The number of halogens is 1. The predicted octanol–water partition coefficient (Wildman–Crippen LogP) is 3.37. The van der Waals surface area contributed by atoms with Gasteiger partial charge in [0.2, 0.25) is 11.9 Å². The summed E-state index contributed by atoms with van der Waals surface area (Å²) >= 11 is 3.45. The van der Waals surface area contributed by atoms with Gasteiger partial charge in [-0.15, -0.1) is 5.10 Å². The molecule has 112 valence electrons. The van der Waals surface area contributed by atoms with Gasteiger partial charge >= 0.3 is 0 Å². The smallest absolute Gasteiger partial charge is 0.249 e. The number of hydrogen-bond donors (Lipinski definition) is 1. The van der Waals surface area contributed by atoms with E-state index in [2.05, 4.69) is 31.3 Å². The van der Waals surface area contributed by atoms with Gasteiger partial charge in [-0.1, -0.05) is 30.3 Å². The van der Waals surface area contributed by atoms with Crippen LogP contribution in [0.25, 0.3) is 5.65 Å². The normalized spacial score (nSPS) is 10.8. The van der Waals surface area contributed by atoms with E-state index in [4.69, 9.17) is 0 Å². The Labute approximate surface area is 136 Å². The summed E-state index contributed by atoms with van der Waals surface area (Å²) in [6.45, 7) is 1.94. The van der Waals surface area contributed by atoms with Gasteiger partial charge in [-0.25, -0.2) is 4.52 Å². The summed E-state index contributed by atoms with van der Waals surface area (Å²) in [5.74, 6) is 0.246. The molecule has 0 bridgehead atoms. The topological polar surface area (TPSA) is 59.3 Å². The number of hydrogen-bond acceptors (Lipinski definition) is 3. The lowest BCUT2D eigenvalue weighted by atomic mass is 10.1. The molecular formula is C16H15BrN4O. The number of nitrogens with zero attached hydrogens (tertiary/aromatic N) is 3. The van der Waals surface area contributed by atoms with Crippen LogP contribution in [-0.4, -0.2) is 20.5 Å².